The van der Waals surface area contributed by atoms with Crippen molar-refractivity contribution in [3.63, 3.8) is 0 Å². The average Bonchev–Trinajstić information content (AvgIpc) is 2.94. The van der Waals surface area contributed by atoms with Crippen LogP contribution < -0.4 is 5.32 Å². The summed E-state index contributed by atoms with van der Waals surface area (Å²) in [5.74, 6) is 1.45. The number of rotatable bonds is 7. The fraction of sp³-hybridized carbons (Fsp3) is 0.625. The number of methoxy groups -OCH3 is 1. The molecule has 0 saturated heterocycles. The van der Waals surface area contributed by atoms with Gasteiger partial charge in [0.1, 0.15) is 0 Å². The molecule has 1 atom stereocenters. The van der Waals surface area contributed by atoms with Crippen LogP contribution in [-0.4, -0.2) is 26.8 Å². The Labute approximate surface area is 125 Å². The highest BCUT2D eigenvalue weighted by molar-refractivity contribution is 9.10. The van der Waals surface area contributed by atoms with E-state index < -0.39 is 0 Å². The van der Waals surface area contributed by atoms with Gasteiger partial charge in [-0.1, -0.05) is 47.0 Å². The Hall–Kier alpha value is -0.380. The number of halogens is 1. The summed E-state index contributed by atoms with van der Waals surface area (Å²) in [6.45, 7) is 2.77. The van der Waals surface area contributed by atoms with E-state index in [1.165, 1.54) is 35.7 Å². The van der Waals surface area contributed by atoms with Gasteiger partial charge >= 0.3 is 0 Å². The Morgan fingerprint density at radius 2 is 2.05 bits per heavy atom. The van der Waals surface area contributed by atoms with Crippen LogP contribution in [0.25, 0.3) is 0 Å². The summed E-state index contributed by atoms with van der Waals surface area (Å²) in [5.41, 5.74) is 1.46. The first-order valence-corrected chi connectivity index (χ1v) is 8.06. The summed E-state index contributed by atoms with van der Waals surface area (Å²) in [4.78, 5) is 0. The van der Waals surface area contributed by atoms with Crippen molar-refractivity contribution in [3.8, 4) is 0 Å². The number of ether oxygens (including phenoxy) is 1. The second kappa shape index (κ2) is 8.03. The summed E-state index contributed by atoms with van der Waals surface area (Å²) < 4.78 is 6.36. The standard InChI is InChI=1S/C16H24BrNO/c1-19-11-10-18-12-15(13-6-2-3-7-13)14-8-4-5-9-16(14)17/h4-5,8-9,13,15,18H,2-3,6-7,10-12H2,1H3. The largest absolute Gasteiger partial charge is 0.383 e. The third kappa shape index (κ3) is 4.30. The van der Waals surface area contributed by atoms with E-state index in [0.29, 0.717) is 5.92 Å². The molecule has 0 amide bonds. The van der Waals surface area contributed by atoms with Gasteiger partial charge in [-0.25, -0.2) is 0 Å². The highest BCUT2D eigenvalue weighted by Gasteiger charge is 2.27. The zero-order valence-electron chi connectivity index (χ0n) is 11.7. The zero-order valence-corrected chi connectivity index (χ0v) is 13.3. The lowest BCUT2D eigenvalue weighted by atomic mass is 9.85. The molecular weight excluding hydrogens is 302 g/mol. The van der Waals surface area contributed by atoms with Crippen LogP contribution >= 0.6 is 15.9 Å². The van der Waals surface area contributed by atoms with Crippen LogP contribution in [0.4, 0.5) is 0 Å². The lowest BCUT2D eigenvalue weighted by Gasteiger charge is -2.25. The molecule has 0 spiro atoms. The van der Waals surface area contributed by atoms with Crippen LogP contribution in [-0.2, 0) is 4.74 Å². The highest BCUT2D eigenvalue weighted by atomic mass is 79.9. The number of benzene rings is 1. The predicted octanol–water partition coefficient (Wildman–Crippen LogP) is 3.96. The van der Waals surface area contributed by atoms with E-state index in [0.717, 1.165) is 25.6 Å². The van der Waals surface area contributed by atoms with Crippen molar-refractivity contribution in [2.45, 2.75) is 31.6 Å². The monoisotopic (exact) mass is 325 g/mol. The van der Waals surface area contributed by atoms with Gasteiger partial charge in [-0.2, -0.15) is 0 Å². The van der Waals surface area contributed by atoms with Crippen LogP contribution in [0.3, 0.4) is 0 Å². The van der Waals surface area contributed by atoms with Gasteiger partial charge in [-0.05, 0) is 30.4 Å². The van der Waals surface area contributed by atoms with E-state index in [2.05, 4.69) is 45.5 Å². The Morgan fingerprint density at radius 1 is 1.32 bits per heavy atom. The molecule has 1 saturated carbocycles. The topological polar surface area (TPSA) is 21.3 Å². The molecule has 0 radical (unpaired) electrons. The van der Waals surface area contributed by atoms with Gasteiger partial charge in [0.05, 0.1) is 6.61 Å². The Bertz CT molecular complexity index is 377. The van der Waals surface area contributed by atoms with E-state index in [-0.39, 0.29) is 0 Å². The van der Waals surface area contributed by atoms with Crippen LogP contribution in [0.5, 0.6) is 0 Å². The molecule has 2 nitrogen and oxygen atoms in total. The number of hydrogen-bond donors (Lipinski definition) is 1. The molecule has 1 aromatic carbocycles. The summed E-state index contributed by atoms with van der Waals surface area (Å²) in [7, 11) is 1.75. The maximum absolute atomic E-state index is 5.11. The van der Waals surface area contributed by atoms with Gasteiger partial charge < -0.3 is 10.1 Å². The SMILES string of the molecule is COCCNCC(c1ccccc1Br)C1CCCC1. The summed E-state index contributed by atoms with van der Waals surface area (Å²) in [6, 6.07) is 8.67. The third-order valence-electron chi connectivity index (χ3n) is 4.12. The predicted molar refractivity (Wildman–Crippen MR) is 83.6 cm³/mol. The molecule has 1 N–H and O–H groups in total. The van der Waals surface area contributed by atoms with Crippen LogP contribution in [0.15, 0.2) is 28.7 Å². The summed E-state index contributed by atoms with van der Waals surface area (Å²) in [6.07, 6.45) is 5.53. The van der Waals surface area contributed by atoms with E-state index in [1.54, 1.807) is 7.11 Å². The molecule has 106 valence electrons. The van der Waals surface area contributed by atoms with Crippen molar-refractivity contribution in [2.75, 3.05) is 26.8 Å². The van der Waals surface area contributed by atoms with E-state index in [1.807, 2.05) is 0 Å². The minimum absolute atomic E-state index is 0.620. The molecule has 1 aromatic rings. The third-order valence-corrected chi connectivity index (χ3v) is 4.84. The van der Waals surface area contributed by atoms with Crippen LogP contribution in [0.2, 0.25) is 0 Å². The minimum Gasteiger partial charge on any atom is -0.383 e. The minimum atomic E-state index is 0.620. The average molecular weight is 326 g/mol. The molecule has 0 heterocycles. The van der Waals surface area contributed by atoms with Crippen molar-refractivity contribution >= 4 is 15.9 Å². The van der Waals surface area contributed by atoms with Gasteiger partial charge in [0.2, 0.25) is 0 Å². The number of hydrogen-bond acceptors (Lipinski definition) is 2. The normalized spacial score (nSPS) is 17.8. The molecule has 2 rings (SSSR count). The first kappa shape index (κ1) is 15.0. The van der Waals surface area contributed by atoms with E-state index >= 15 is 0 Å². The van der Waals surface area contributed by atoms with E-state index in [4.69, 9.17) is 4.74 Å². The molecule has 1 aliphatic rings. The fourth-order valence-corrected chi connectivity index (χ4v) is 3.68. The smallest absolute Gasteiger partial charge is 0.0587 e. The second-order valence-corrected chi connectivity index (χ2v) is 6.22. The first-order valence-electron chi connectivity index (χ1n) is 7.27. The Morgan fingerprint density at radius 3 is 2.74 bits per heavy atom. The lowest BCUT2D eigenvalue weighted by molar-refractivity contribution is 0.198. The Balaban J connectivity index is 2.03. The van der Waals surface area contributed by atoms with Crippen molar-refractivity contribution in [2.24, 2.45) is 5.92 Å². The first-order chi connectivity index (χ1) is 9.33. The summed E-state index contributed by atoms with van der Waals surface area (Å²) >= 11 is 3.71. The second-order valence-electron chi connectivity index (χ2n) is 5.37. The van der Waals surface area contributed by atoms with Crippen molar-refractivity contribution in [1.29, 1.82) is 0 Å². The van der Waals surface area contributed by atoms with Gasteiger partial charge in [-0.3, -0.25) is 0 Å². The molecule has 0 aromatic heterocycles. The molecule has 0 aliphatic heterocycles. The van der Waals surface area contributed by atoms with Gasteiger partial charge in [0.15, 0.2) is 0 Å². The summed E-state index contributed by atoms with van der Waals surface area (Å²) in [5, 5.41) is 3.54. The molecule has 3 heteroatoms. The van der Waals surface area contributed by atoms with Crippen molar-refractivity contribution < 1.29 is 4.74 Å². The number of nitrogens with one attached hydrogen (secondary N) is 1. The van der Waals surface area contributed by atoms with Crippen LogP contribution in [0.1, 0.15) is 37.2 Å². The molecule has 1 aliphatic carbocycles. The van der Waals surface area contributed by atoms with Gasteiger partial charge in [0.25, 0.3) is 0 Å². The van der Waals surface area contributed by atoms with Crippen LogP contribution in [0, 0.1) is 5.92 Å². The van der Waals surface area contributed by atoms with Crippen molar-refractivity contribution in [3.05, 3.63) is 34.3 Å². The maximum atomic E-state index is 5.11. The van der Waals surface area contributed by atoms with Crippen molar-refractivity contribution in [1.82, 2.24) is 5.32 Å². The molecule has 1 unspecified atom stereocenters. The quantitative estimate of drug-likeness (QED) is 0.766. The highest BCUT2D eigenvalue weighted by Crippen LogP contribution is 2.39. The van der Waals surface area contributed by atoms with Gasteiger partial charge in [0, 0.05) is 30.6 Å². The molecule has 1 fully saturated rings. The lowest BCUT2D eigenvalue weighted by Crippen LogP contribution is -2.28. The maximum Gasteiger partial charge on any atom is 0.0587 e. The fourth-order valence-electron chi connectivity index (χ4n) is 3.10. The van der Waals surface area contributed by atoms with E-state index in [9.17, 15) is 0 Å². The zero-order chi connectivity index (χ0) is 13.5. The Kier molecular flexibility index (Phi) is 6.35. The molecular formula is C16H24BrNO. The molecule has 0 bridgehead atoms. The van der Waals surface area contributed by atoms with Gasteiger partial charge in [-0.15, -0.1) is 0 Å². The molecule has 19 heavy (non-hydrogen) atoms.